The predicted octanol–water partition coefficient (Wildman–Crippen LogP) is 2.57. The van der Waals surface area contributed by atoms with Gasteiger partial charge in [-0.1, -0.05) is 6.92 Å². The molecule has 1 saturated heterocycles. The summed E-state index contributed by atoms with van der Waals surface area (Å²) in [5.74, 6) is -4.53. The van der Waals surface area contributed by atoms with Gasteiger partial charge in [0.2, 0.25) is 5.91 Å². The van der Waals surface area contributed by atoms with E-state index in [1.165, 1.54) is 0 Å². The highest BCUT2D eigenvalue weighted by Crippen LogP contribution is 2.25. The Balaban J connectivity index is 2.19. The van der Waals surface area contributed by atoms with Gasteiger partial charge in [-0.15, -0.1) is 0 Å². The van der Waals surface area contributed by atoms with Crippen LogP contribution < -0.4 is 10.6 Å². The summed E-state index contributed by atoms with van der Waals surface area (Å²) in [5.41, 5.74) is -0.788. The summed E-state index contributed by atoms with van der Waals surface area (Å²) in [5, 5.41) is 5.54. The van der Waals surface area contributed by atoms with E-state index in [2.05, 4.69) is 10.6 Å². The molecule has 3 nitrogen and oxygen atoms in total. The molecule has 0 aliphatic carbocycles. The van der Waals surface area contributed by atoms with E-state index in [4.69, 9.17) is 0 Å². The van der Waals surface area contributed by atoms with Gasteiger partial charge in [0.25, 0.3) is 0 Å². The van der Waals surface area contributed by atoms with Gasteiger partial charge in [-0.3, -0.25) is 4.79 Å². The first-order chi connectivity index (χ1) is 8.98. The van der Waals surface area contributed by atoms with Crippen LogP contribution in [0.3, 0.4) is 0 Å². The topological polar surface area (TPSA) is 41.1 Å². The maximum absolute atomic E-state index is 13.1. The Morgan fingerprint density at radius 3 is 2.47 bits per heavy atom. The molecule has 1 unspecified atom stereocenters. The molecule has 0 spiro atoms. The highest BCUT2D eigenvalue weighted by Gasteiger charge is 2.39. The van der Waals surface area contributed by atoms with Gasteiger partial charge in [0, 0.05) is 17.8 Å². The summed E-state index contributed by atoms with van der Waals surface area (Å²) >= 11 is 0. The van der Waals surface area contributed by atoms with Gasteiger partial charge >= 0.3 is 0 Å². The molecule has 0 bridgehead atoms. The standard InChI is InChI=1S/C13H15F3N2O/c1-2-13(4-3-5-17-13)12(19)18-8-6-9(14)11(16)10(15)7-8/h6-7,17H,2-5H2,1H3,(H,18,19). The lowest BCUT2D eigenvalue weighted by Crippen LogP contribution is -2.50. The van der Waals surface area contributed by atoms with Crippen LogP contribution in [0.15, 0.2) is 12.1 Å². The highest BCUT2D eigenvalue weighted by atomic mass is 19.2. The number of halogens is 3. The van der Waals surface area contributed by atoms with Crippen molar-refractivity contribution in [2.45, 2.75) is 31.7 Å². The van der Waals surface area contributed by atoms with E-state index in [1.807, 2.05) is 6.92 Å². The Morgan fingerprint density at radius 1 is 1.37 bits per heavy atom. The van der Waals surface area contributed by atoms with Crippen LogP contribution in [0.1, 0.15) is 26.2 Å². The molecular weight excluding hydrogens is 257 g/mol. The fourth-order valence-electron chi connectivity index (χ4n) is 2.34. The fourth-order valence-corrected chi connectivity index (χ4v) is 2.34. The Hall–Kier alpha value is -1.56. The number of nitrogens with one attached hydrogen (secondary N) is 2. The van der Waals surface area contributed by atoms with Gasteiger partial charge in [0.05, 0.1) is 5.54 Å². The van der Waals surface area contributed by atoms with Crippen molar-refractivity contribution in [3.8, 4) is 0 Å². The van der Waals surface area contributed by atoms with Crippen molar-refractivity contribution >= 4 is 11.6 Å². The summed E-state index contributed by atoms with van der Waals surface area (Å²) in [4.78, 5) is 12.2. The molecule has 2 N–H and O–H groups in total. The molecule has 1 atom stereocenters. The lowest BCUT2D eigenvalue weighted by Gasteiger charge is -2.26. The van der Waals surface area contributed by atoms with Gasteiger partial charge in [-0.05, 0) is 25.8 Å². The number of anilines is 1. The minimum absolute atomic E-state index is 0.0806. The normalized spacial score (nSPS) is 22.5. The van der Waals surface area contributed by atoms with Crippen LogP contribution in [-0.4, -0.2) is 18.0 Å². The SMILES string of the molecule is CCC1(C(=O)Nc2cc(F)c(F)c(F)c2)CCCN1. The van der Waals surface area contributed by atoms with Crippen LogP contribution in [0, 0.1) is 17.5 Å². The van der Waals surface area contributed by atoms with E-state index < -0.39 is 23.0 Å². The van der Waals surface area contributed by atoms with Crippen molar-refractivity contribution < 1.29 is 18.0 Å². The Kier molecular flexibility index (Phi) is 3.80. The molecule has 6 heteroatoms. The molecule has 19 heavy (non-hydrogen) atoms. The molecule has 1 aliphatic heterocycles. The number of carbonyl (C=O) groups is 1. The summed E-state index contributed by atoms with van der Waals surface area (Å²) in [6.07, 6.45) is 2.11. The van der Waals surface area contributed by atoms with E-state index in [0.29, 0.717) is 12.8 Å². The second-order valence-corrected chi connectivity index (χ2v) is 4.67. The minimum Gasteiger partial charge on any atom is -0.324 e. The van der Waals surface area contributed by atoms with Gasteiger partial charge in [0.15, 0.2) is 17.5 Å². The number of benzene rings is 1. The third-order valence-corrected chi connectivity index (χ3v) is 3.52. The zero-order valence-corrected chi connectivity index (χ0v) is 10.5. The summed E-state index contributed by atoms with van der Waals surface area (Å²) in [7, 11) is 0. The van der Waals surface area contributed by atoms with E-state index >= 15 is 0 Å². The molecule has 0 aromatic heterocycles. The number of hydrogen-bond donors (Lipinski definition) is 2. The largest absolute Gasteiger partial charge is 0.324 e. The summed E-state index contributed by atoms with van der Waals surface area (Å²) in [6, 6.07) is 1.54. The van der Waals surface area contributed by atoms with Gasteiger partial charge in [0.1, 0.15) is 0 Å². The minimum atomic E-state index is -1.54. The second kappa shape index (κ2) is 5.21. The van der Waals surface area contributed by atoms with Crippen molar-refractivity contribution in [1.29, 1.82) is 0 Å². The van der Waals surface area contributed by atoms with E-state index in [-0.39, 0.29) is 11.6 Å². The van der Waals surface area contributed by atoms with Crippen LogP contribution in [-0.2, 0) is 4.79 Å². The molecular formula is C13H15F3N2O. The zero-order valence-electron chi connectivity index (χ0n) is 10.5. The molecule has 1 fully saturated rings. The average Bonchev–Trinajstić information content (AvgIpc) is 2.85. The van der Waals surface area contributed by atoms with Crippen molar-refractivity contribution in [3.63, 3.8) is 0 Å². The van der Waals surface area contributed by atoms with Crippen LogP contribution >= 0.6 is 0 Å². The maximum atomic E-state index is 13.1. The first-order valence-corrected chi connectivity index (χ1v) is 6.19. The van der Waals surface area contributed by atoms with E-state index in [9.17, 15) is 18.0 Å². The van der Waals surface area contributed by atoms with Gasteiger partial charge in [-0.25, -0.2) is 13.2 Å². The van der Waals surface area contributed by atoms with Crippen molar-refractivity contribution in [2.75, 3.05) is 11.9 Å². The molecule has 1 heterocycles. The van der Waals surface area contributed by atoms with Gasteiger partial charge in [-0.2, -0.15) is 0 Å². The Morgan fingerprint density at radius 2 is 2.00 bits per heavy atom. The lowest BCUT2D eigenvalue weighted by atomic mass is 9.93. The number of amides is 1. The third kappa shape index (κ3) is 2.58. The van der Waals surface area contributed by atoms with Crippen molar-refractivity contribution in [2.24, 2.45) is 0 Å². The predicted molar refractivity (Wildman–Crippen MR) is 65.2 cm³/mol. The molecule has 0 radical (unpaired) electrons. The van der Waals surface area contributed by atoms with Crippen molar-refractivity contribution in [1.82, 2.24) is 5.32 Å². The number of carbonyl (C=O) groups excluding carboxylic acids is 1. The smallest absolute Gasteiger partial charge is 0.244 e. The molecule has 1 aromatic carbocycles. The molecule has 104 valence electrons. The van der Waals surface area contributed by atoms with Crippen molar-refractivity contribution in [3.05, 3.63) is 29.6 Å². The van der Waals surface area contributed by atoms with Gasteiger partial charge < -0.3 is 10.6 Å². The zero-order chi connectivity index (χ0) is 14.0. The first-order valence-electron chi connectivity index (χ1n) is 6.19. The van der Waals surface area contributed by atoms with Crippen LogP contribution in [0.5, 0.6) is 0 Å². The molecule has 0 saturated carbocycles. The Labute approximate surface area is 109 Å². The lowest BCUT2D eigenvalue weighted by molar-refractivity contribution is -0.122. The molecule has 1 aliphatic rings. The highest BCUT2D eigenvalue weighted by molar-refractivity contribution is 5.98. The number of hydrogen-bond acceptors (Lipinski definition) is 2. The Bertz CT molecular complexity index is 476. The van der Waals surface area contributed by atoms with Crippen LogP contribution in [0.25, 0.3) is 0 Å². The summed E-state index contributed by atoms with van der Waals surface area (Å²) < 4.78 is 38.9. The number of rotatable bonds is 3. The first kappa shape index (κ1) is 13.9. The van der Waals surface area contributed by atoms with E-state index in [0.717, 1.165) is 25.1 Å². The monoisotopic (exact) mass is 272 g/mol. The molecule has 1 aromatic rings. The maximum Gasteiger partial charge on any atom is 0.244 e. The van der Waals surface area contributed by atoms with Crippen LogP contribution in [0.4, 0.5) is 18.9 Å². The fraction of sp³-hybridized carbons (Fsp3) is 0.462. The second-order valence-electron chi connectivity index (χ2n) is 4.67. The molecule has 1 amide bonds. The molecule has 2 rings (SSSR count). The quantitative estimate of drug-likeness (QED) is 0.830. The third-order valence-electron chi connectivity index (χ3n) is 3.52. The van der Waals surface area contributed by atoms with Crippen LogP contribution in [0.2, 0.25) is 0 Å². The van der Waals surface area contributed by atoms with E-state index in [1.54, 1.807) is 0 Å². The summed E-state index contributed by atoms with van der Waals surface area (Å²) in [6.45, 7) is 2.59. The average molecular weight is 272 g/mol.